The van der Waals surface area contributed by atoms with Gasteiger partial charge in [0.25, 0.3) is 0 Å². The zero-order valence-electron chi connectivity index (χ0n) is 31.2. The van der Waals surface area contributed by atoms with E-state index < -0.39 is 0 Å². The Hall–Kier alpha value is -7.42. The first-order valence-electron chi connectivity index (χ1n) is 19.8. The minimum atomic E-state index is 0.919. The topological polar surface area (TPSA) is 9.86 Å². The number of benzene rings is 9. The summed E-state index contributed by atoms with van der Waals surface area (Å²) in [6.45, 7) is 0. The number of aromatic nitrogens is 2. The van der Waals surface area contributed by atoms with E-state index in [-0.39, 0.29) is 0 Å². The van der Waals surface area contributed by atoms with Crippen LogP contribution in [0.4, 0.5) is 0 Å². The van der Waals surface area contributed by atoms with Crippen molar-refractivity contribution in [3.8, 4) is 55.9 Å². The van der Waals surface area contributed by atoms with Gasteiger partial charge >= 0.3 is 0 Å². The molecule has 0 aliphatic heterocycles. The highest BCUT2D eigenvalue weighted by Gasteiger charge is 2.23. The fourth-order valence-corrected chi connectivity index (χ4v) is 9.42. The molecule has 1 aliphatic carbocycles. The van der Waals surface area contributed by atoms with Gasteiger partial charge in [-0.3, -0.25) is 0 Å². The molecule has 1 aliphatic rings. The lowest BCUT2D eigenvalue weighted by atomic mass is 10.0. The maximum atomic E-state index is 2.46. The first-order valence-corrected chi connectivity index (χ1v) is 19.8. The first-order chi connectivity index (χ1) is 28.2. The van der Waals surface area contributed by atoms with Crippen LogP contribution in [-0.2, 0) is 6.42 Å². The monoisotopic (exact) mass is 724 g/mol. The van der Waals surface area contributed by atoms with Crippen molar-refractivity contribution >= 4 is 43.6 Å². The Morgan fingerprint density at radius 1 is 0.263 bits per heavy atom. The van der Waals surface area contributed by atoms with Crippen LogP contribution in [0.3, 0.4) is 0 Å². The van der Waals surface area contributed by atoms with E-state index in [4.69, 9.17) is 0 Å². The molecule has 0 saturated heterocycles. The highest BCUT2D eigenvalue weighted by atomic mass is 15.0. The normalized spacial score (nSPS) is 12.1. The van der Waals surface area contributed by atoms with Gasteiger partial charge in [-0.25, -0.2) is 0 Å². The van der Waals surface area contributed by atoms with Crippen LogP contribution in [0.1, 0.15) is 11.1 Å². The van der Waals surface area contributed by atoms with Crippen LogP contribution in [-0.4, -0.2) is 9.13 Å². The van der Waals surface area contributed by atoms with Crippen LogP contribution >= 0.6 is 0 Å². The van der Waals surface area contributed by atoms with Gasteiger partial charge in [0, 0.05) is 32.9 Å². The van der Waals surface area contributed by atoms with Crippen molar-refractivity contribution < 1.29 is 0 Å². The number of fused-ring (bicyclic) bond motifs is 9. The van der Waals surface area contributed by atoms with Gasteiger partial charge in [-0.1, -0.05) is 140 Å². The molecule has 2 heteroatoms. The molecule has 0 saturated carbocycles. The molecule has 12 rings (SSSR count). The lowest BCUT2D eigenvalue weighted by Gasteiger charge is -2.12. The molecule has 2 aromatic heterocycles. The predicted molar refractivity (Wildman–Crippen MR) is 240 cm³/mol. The summed E-state index contributed by atoms with van der Waals surface area (Å²) in [5, 5.41) is 5.07. The van der Waals surface area contributed by atoms with E-state index in [0.717, 1.165) is 6.42 Å². The van der Waals surface area contributed by atoms with Gasteiger partial charge in [-0.05, 0) is 129 Å². The van der Waals surface area contributed by atoms with Crippen molar-refractivity contribution in [1.29, 1.82) is 0 Å². The molecule has 2 heterocycles. The molecule has 9 aromatic carbocycles. The minimum Gasteiger partial charge on any atom is -0.309 e. The largest absolute Gasteiger partial charge is 0.309 e. The lowest BCUT2D eigenvalue weighted by Crippen LogP contribution is -1.95. The maximum absolute atomic E-state index is 2.46. The van der Waals surface area contributed by atoms with Crippen LogP contribution in [0.2, 0.25) is 0 Å². The molecule has 266 valence electrons. The van der Waals surface area contributed by atoms with Crippen LogP contribution in [0, 0.1) is 0 Å². The van der Waals surface area contributed by atoms with Gasteiger partial charge in [0.15, 0.2) is 0 Å². The lowest BCUT2D eigenvalue weighted by molar-refractivity contribution is 1.16. The summed E-state index contributed by atoms with van der Waals surface area (Å²) in [5.41, 5.74) is 20.0. The summed E-state index contributed by atoms with van der Waals surface area (Å²) >= 11 is 0. The second-order valence-corrected chi connectivity index (χ2v) is 15.3. The molecule has 0 fully saturated rings. The summed E-state index contributed by atoms with van der Waals surface area (Å²) in [5.74, 6) is 0. The zero-order valence-corrected chi connectivity index (χ0v) is 31.2. The van der Waals surface area contributed by atoms with E-state index in [1.807, 2.05) is 0 Å². The number of hydrogen-bond donors (Lipinski definition) is 0. The molecule has 0 N–H and O–H groups in total. The fourth-order valence-electron chi connectivity index (χ4n) is 9.42. The van der Waals surface area contributed by atoms with E-state index >= 15 is 0 Å². The number of nitrogens with zero attached hydrogens (tertiary/aromatic N) is 2. The van der Waals surface area contributed by atoms with Gasteiger partial charge in [0.2, 0.25) is 0 Å². The van der Waals surface area contributed by atoms with Gasteiger partial charge in [0.1, 0.15) is 0 Å². The van der Waals surface area contributed by atoms with Gasteiger partial charge in [-0.2, -0.15) is 0 Å². The highest BCUT2D eigenvalue weighted by molar-refractivity contribution is 6.12. The van der Waals surface area contributed by atoms with Crippen LogP contribution in [0.25, 0.3) is 99.5 Å². The second-order valence-electron chi connectivity index (χ2n) is 15.3. The van der Waals surface area contributed by atoms with Crippen molar-refractivity contribution in [2.75, 3.05) is 0 Å². The Morgan fingerprint density at radius 2 is 0.702 bits per heavy atom. The average molecular weight is 725 g/mol. The summed E-state index contributed by atoms with van der Waals surface area (Å²) in [4.78, 5) is 0. The van der Waals surface area contributed by atoms with Crippen molar-refractivity contribution in [3.05, 3.63) is 217 Å². The molecule has 57 heavy (non-hydrogen) atoms. The molecule has 0 spiro atoms. The van der Waals surface area contributed by atoms with Crippen LogP contribution in [0.15, 0.2) is 206 Å². The fraction of sp³-hybridized carbons (Fsp3) is 0.0182. The SMILES string of the molecule is c1ccc(-c2ccc3c(c2)c2ccccc2n3-c2ccc3c(c2)Cc2ccc(-n4c5ccc(-c6ccccc6)cc5c5cc(-c6ccccc6)ccc54)cc2-3)cc1. The van der Waals surface area contributed by atoms with E-state index in [1.165, 1.54) is 111 Å². The molecular weight excluding hydrogens is 689 g/mol. The number of hydrogen-bond acceptors (Lipinski definition) is 0. The molecule has 0 radical (unpaired) electrons. The number of para-hydroxylation sites is 1. The smallest absolute Gasteiger partial charge is 0.0541 e. The summed E-state index contributed by atoms with van der Waals surface area (Å²) < 4.78 is 4.91. The first kappa shape index (κ1) is 31.9. The second kappa shape index (κ2) is 12.6. The third kappa shape index (κ3) is 5.04. The van der Waals surface area contributed by atoms with Gasteiger partial charge in [0.05, 0.1) is 22.1 Å². The molecule has 2 nitrogen and oxygen atoms in total. The van der Waals surface area contributed by atoms with E-state index in [2.05, 4.69) is 215 Å². The van der Waals surface area contributed by atoms with E-state index in [1.54, 1.807) is 0 Å². The Bertz CT molecular complexity index is 3250. The van der Waals surface area contributed by atoms with Crippen LogP contribution < -0.4 is 0 Å². The quantitative estimate of drug-likeness (QED) is 0.167. The van der Waals surface area contributed by atoms with E-state index in [9.17, 15) is 0 Å². The Morgan fingerprint density at radius 3 is 1.25 bits per heavy atom. The van der Waals surface area contributed by atoms with Crippen molar-refractivity contribution in [2.24, 2.45) is 0 Å². The van der Waals surface area contributed by atoms with Crippen molar-refractivity contribution in [2.45, 2.75) is 6.42 Å². The zero-order chi connectivity index (χ0) is 37.5. The Balaban J connectivity index is 0.986. The summed E-state index contributed by atoms with van der Waals surface area (Å²) in [7, 11) is 0. The van der Waals surface area contributed by atoms with Crippen LogP contribution in [0.5, 0.6) is 0 Å². The Labute approximate surface area is 331 Å². The third-order valence-corrected chi connectivity index (χ3v) is 12.1. The summed E-state index contributed by atoms with van der Waals surface area (Å²) in [6, 6.07) is 75.9. The van der Waals surface area contributed by atoms with E-state index in [0.29, 0.717) is 0 Å². The Kier molecular flexibility index (Phi) is 7.02. The standard InChI is InChI=1S/C55H36N2/c1-4-12-36(13-5-1)39-21-27-53-49(32-39)47-18-10-11-19-52(47)56(53)44-25-26-46-43(31-44)30-42-20-24-45(35-48(42)46)57-54-28-22-40(37-14-6-2-7-15-37)33-50(54)51-34-41(23-29-55(51)57)38-16-8-3-9-17-38/h1-29,31-35H,30H2. The predicted octanol–water partition coefficient (Wildman–Crippen LogP) is 14.5. The molecule has 0 bridgehead atoms. The highest BCUT2D eigenvalue weighted by Crippen LogP contribution is 2.43. The maximum Gasteiger partial charge on any atom is 0.0541 e. The molecule has 0 amide bonds. The number of rotatable bonds is 5. The van der Waals surface area contributed by atoms with Gasteiger partial charge < -0.3 is 9.13 Å². The van der Waals surface area contributed by atoms with Crippen molar-refractivity contribution in [1.82, 2.24) is 9.13 Å². The average Bonchev–Trinajstić information content (AvgIpc) is 3.93. The van der Waals surface area contributed by atoms with Crippen molar-refractivity contribution in [3.63, 3.8) is 0 Å². The third-order valence-electron chi connectivity index (χ3n) is 12.1. The summed E-state index contributed by atoms with van der Waals surface area (Å²) in [6.07, 6.45) is 0.919. The van der Waals surface area contributed by atoms with Gasteiger partial charge in [-0.15, -0.1) is 0 Å². The minimum absolute atomic E-state index is 0.919. The molecule has 11 aromatic rings. The molecule has 0 unspecified atom stereocenters. The molecular formula is C55H36N2. The molecule has 0 atom stereocenters.